The molecule has 1 nitrogen and oxygen atoms in total. The summed E-state index contributed by atoms with van der Waals surface area (Å²) < 4.78 is 0. The predicted molar refractivity (Wildman–Crippen MR) is 51.9 cm³/mol. The van der Waals surface area contributed by atoms with Crippen LogP contribution in [0.3, 0.4) is 0 Å². The Labute approximate surface area is 74.8 Å². The first-order valence-electron chi connectivity index (χ1n) is 4.60. The number of hydrogen-bond acceptors (Lipinski definition) is 1. The summed E-state index contributed by atoms with van der Waals surface area (Å²) in [5, 5.41) is 10.2. The number of hydrogen-bond donors (Lipinski definition) is 1. The van der Waals surface area contributed by atoms with Gasteiger partial charge in [0.05, 0.1) is 5.60 Å². The monoisotopic (exact) mass is 166 g/mol. The third-order valence-electron chi connectivity index (χ3n) is 2.98. The van der Waals surface area contributed by atoms with E-state index in [4.69, 9.17) is 0 Å². The highest BCUT2D eigenvalue weighted by molar-refractivity contribution is 5.15. The minimum atomic E-state index is -0.603. The van der Waals surface area contributed by atoms with E-state index in [9.17, 15) is 5.11 Å². The van der Waals surface area contributed by atoms with Gasteiger partial charge in [-0.3, -0.25) is 0 Å². The summed E-state index contributed by atoms with van der Waals surface area (Å²) in [7, 11) is 0. The third kappa shape index (κ3) is 1.46. The zero-order valence-corrected chi connectivity index (χ0v) is 7.84. The van der Waals surface area contributed by atoms with E-state index in [-0.39, 0.29) is 0 Å². The molecule has 0 amide bonds. The van der Waals surface area contributed by atoms with Crippen LogP contribution in [0, 0.1) is 5.92 Å². The van der Waals surface area contributed by atoms with Gasteiger partial charge in [-0.1, -0.05) is 12.7 Å². The van der Waals surface area contributed by atoms with Crippen LogP contribution in [-0.2, 0) is 0 Å². The molecule has 0 radical (unpaired) electrons. The van der Waals surface area contributed by atoms with Crippen molar-refractivity contribution < 1.29 is 5.11 Å². The van der Waals surface area contributed by atoms with E-state index in [0.29, 0.717) is 5.92 Å². The van der Waals surface area contributed by atoms with Crippen molar-refractivity contribution in [2.45, 2.75) is 38.2 Å². The molecule has 2 atom stereocenters. The fourth-order valence-electron chi connectivity index (χ4n) is 2.14. The normalized spacial score (nSPS) is 35.0. The number of aliphatic hydroxyl groups is 1. The van der Waals surface area contributed by atoms with Crippen molar-refractivity contribution in [1.29, 1.82) is 0 Å². The second-order valence-corrected chi connectivity index (χ2v) is 3.82. The van der Waals surface area contributed by atoms with Gasteiger partial charge in [-0.2, -0.15) is 0 Å². The first kappa shape index (κ1) is 9.53. The molecule has 0 bridgehead atoms. The number of allylic oxidation sites excluding steroid dienone is 1. The highest BCUT2D eigenvalue weighted by atomic mass is 16.3. The Balaban J connectivity index is 2.73. The van der Waals surface area contributed by atoms with E-state index < -0.39 is 5.60 Å². The molecule has 1 N–H and O–H groups in total. The van der Waals surface area contributed by atoms with Crippen LogP contribution in [0.5, 0.6) is 0 Å². The van der Waals surface area contributed by atoms with Gasteiger partial charge in [-0.15, -0.1) is 6.58 Å². The van der Waals surface area contributed by atoms with Gasteiger partial charge < -0.3 is 5.11 Å². The highest BCUT2D eigenvalue weighted by Gasteiger charge is 2.40. The molecule has 0 aromatic carbocycles. The van der Waals surface area contributed by atoms with Gasteiger partial charge in [0, 0.05) is 0 Å². The summed E-state index contributed by atoms with van der Waals surface area (Å²) in [6.07, 6.45) is 5.89. The maximum atomic E-state index is 10.2. The Kier molecular flexibility index (Phi) is 2.73. The van der Waals surface area contributed by atoms with Crippen molar-refractivity contribution in [2.24, 2.45) is 5.92 Å². The Morgan fingerprint density at radius 1 is 1.75 bits per heavy atom. The molecule has 0 spiro atoms. The van der Waals surface area contributed by atoms with Crippen LogP contribution in [0.25, 0.3) is 0 Å². The Morgan fingerprint density at radius 2 is 2.42 bits per heavy atom. The van der Waals surface area contributed by atoms with Crippen LogP contribution in [0.15, 0.2) is 24.8 Å². The molecule has 1 aliphatic rings. The Morgan fingerprint density at radius 3 is 2.92 bits per heavy atom. The van der Waals surface area contributed by atoms with E-state index in [1.807, 2.05) is 13.0 Å². The molecule has 0 unspecified atom stereocenters. The van der Waals surface area contributed by atoms with Crippen molar-refractivity contribution >= 4 is 0 Å². The molecule has 1 rings (SSSR count). The minimum absolute atomic E-state index is 0.354. The molecule has 68 valence electrons. The first-order chi connectivity index (χ1) is 5.61. The fraction of sp³-hybridized carbons (Fsp3) is 0.636. The molecule has 1 aliphatic carbocycles. The summed E-state index contributed by atoms with van der Waals surface area (Å²) in [6, 6.07) is 0. The number of rotatable bonds is 3. The summed E-state index contributed by atoms with van der Waals surface area (Å²) >= 11 is 0. The standard InChI is InChI=1S/C11H18O/c1-4-6-10-7-5-8-11(10,12)9(2)3/h4,10,12H,1-2,5-8H2,3H3/t10-,11-/m1/s1. The zero-order chi connectivity index (χ0) is 9.19. The quantitative estimate of drug-likeness (QED) is 0.639. The molecule has 1 saturated carbocycles. The smallest absolute Gasteiger partial charge is 0.0882 e. The van der Waals surface area contributed by atoms with Gasteiger partial charge in [0.2, 0.25) is 0 Å². The van der Waals surface area contributed by atoms with E-state index in [0.717, 1.165) is 31.3 Å². The van der Waals surface area contributed by atoms with Gasteiger partial charge in [0.1, 0.15) is 0 Å². The third-order valence-corrected chi connectivity index (χ3v) is 2.98. The molecule has 12 heavy (non-hydrogen) atoms. The summed E-state index contributed by atoms with van der Waals surface area (Å²) in [4.78, 5) is 0. The molecule has 0 heterocycles. The van der Waals surface area contributed by atoms with Crippen molar-refractivity contribution in [3.63, 3.8) is 0 Å². The van der Waals surface area contributed by atoms with Crippen LogP contribution in [-0.4, -0.2) is 10.7 Å². The predicted octanol–water partition coefficient (Wildman–Crippen LogP) is 2.67. The van der Waals surface area contributed by atoms with E-state index in [1.54, 1.807) is 0 Å². The summed E-state index contributed by atoms with van der Waals surface area (Å²) in [5.74, 6) is 0.354. The zero-order valence-electron chi connectivity index (χ0n) is 7.84. The lowest BCUT2D eigenvalue weighted by atomic mass is 9.83. The van der Waals surface area contributed by atoms with Crippen molar-refractivity contribution in [3.05, 3.63) is 24.8 Å². The van der Waals surface area contributed by atoms with Gasteiger partial charge in [0.25, 0.3) is 0 Å². The van der Waals surface area contributed by atoms with Gasteiger partial charge >= 0.3 is 0 Å². The van der Waals surface area contributed by atoms with Crippen LogP contribution in [0.2, 0.25) is 0 Å². The molecule has 1 fully saturated rings. The van der Waals surface area contributed by atoms with Crippen LogP contribution < -0.4 is 0 Å². The van der Waals surface area contributed by atoms with Crippen molar-refractivity contribution in [2.75, 3.05) is 0 Å². The van der Waals surface area contributed by atoms with Gasteiger partial charge in [-0.25, -0.2) is 0 Å². The maximum absolute atomic E-state index is 10.2. The average molecular weight is 166 g/mol. The lowest BCUT2D eigenvalue weighted by molar-refractivity contribution is 0.0406. The second kappa shape index (κ2) is 3.44. The lowest BCUT2D eigenvalue weighted by Crippen LogP contribution is -2.33. The molecule has 0 saturated heterocycles. The molecule has 0 aliphatic heterocycles. The SMILES string of the molecule is C=CC[C@@H]1CCC[C@@]1(O)C(=C)C. The Bertz CT molecular complexity index is 195. The van der Waals surface area contributed by atoms with Crippen LogP contribution in [0.1, 0.15) is 32.6 Å². The van der Waals surface area contributed by atoms with Crippen LogP contribution >= 0.6 is 0 Å². The largest absolute Gasteiger partial charge is 0.385 e. The fourth-order valence-corrected chi connectivity index (χ4v) is 2.14. The van der Waals surface area contributed by atoms with Crippen LogP contribution in [0.4, 0.5) is 0 Å². The minimum Gasteiger partial charge on any atom is -0.385 e. The van der Waals surface area contributed by atoms with Gasteiger partial charge in [-0.05, 0) is 44.1 Å². The maximum Gasteiger partial charge on any atom is 0.0882 e. The summed E-state index contributed by atoms with van der Waals surface area (Å²) in [6.45, 7) is 9.48. The molecule has 1 heteroatoms. The Hall–Kier alpha value is -0.560. The highest BCUT2D eigenvalue weighted by Crippen LogP contribution is 2.41. The average Bonchev–Trinajstić information content (AvgIpc) is 2.35. The van der Waals surface area contributed by atoms with Crippen molar-refractivity contribution in [3.8, 4) is 0 Å². The first-order valence-corrected chi connectivity index (χ1v) is 4.60. The molecular formula is C11H18O. The van der Waals surface area contributed by atoms with Crippen molar-refractivity contribution in [1.82, 2.24) is 0 Å². The van der Waals surface area contributed by atoms with E-state index >= 15 is 0 Å². The topological polar surface area (TPSA) is 20.2 Å². The second-order valence-electron chi connectivity index (χ2n) is 3.82. The summed E-state index contributed by atoms with van der Waals surface area (Å²) in [5.41, 5.74) is 0.306. The van der Waals surface area contributed by atoms with E-state index in [1.165, 1.54) is 0 Å². The molecule has 0 aromatic heterocycles. The van der Waals surface area contributed by atoms with E-state index in [2.05, 4.69) is 13.2 Å². The molecule has 0 aromatic rings. The lowest BCUT2D eigenvalue weighted by Gasteiger charge is -2.30. The molecular weight excluding hydrogens is 148 g/mol. The van der Waals surface area contributed by atoms with Gasteiger partial charge in [0.15, 0.2) is 0 Å².